The molecular formula is C20H26N2O4S. The van der Waals surface area contributed by atoms with E-state index in [0.29, 0.717) is 18.7 Å². The quantitative estimate of drug-likeness (QED) is 0.644. The minimum Gasteiger partial charge on any atom is -0.492 e. The Labute approximate surface area is 161 Å². The molecule has 2 aromatic carbocycles. The highest BCUT2D eigenvalue weighted by molar-refractivity contribution is 7.89. The van der Waals surface area contributed by atoms with Gasteiger partial charge in [-0.25, -0.2) is 13.1 Å². The highest BCUT2D eigenvalue weighted by atomic mass is 32.2. The number of rotatable bonds is 9. The van der Waals surface area contributed by atoms with E-state index in [-0.39, 0.29) is 23.8 Å². The second-order valence-corrected chi connectivity index (χ2v) is 8.17. The predicted molar refractivity (Wildman–Crippen MR) is 105 cm³/mol. The average molecular weight is 391 g/mol. The van der Waals surface area contributed by atoms with Crippen LogP contribution in [0, 0.1) is 20.8 Å². The van der Waals surface area contributed by atoms with Crippen LogP contribution >= 0.6 is 0 Å². The van der Waals surface area contributed by atoms with Gasteiger partial charge in [0.1, 0.15) is 12.4 Å². The van der Waals surface area contributed by atoms with E-state index in [1.165, 1.54) is 0 Å². The van der Waals surface area contributed by atoms with Gasteiger partial charge in [-0.2, -0.15) is 0 Å². The summed E-state index contributed by atoms with van der Waals surface area (Å²) in [7, 11) is -3.63. The van der Waals surface area contributed by atoms with Gasteiger partial charge in [0.05, 0.1) is 11.4 Å². The van der Waals surface area contributed by atoms with Crippen molar-refractivity contribution in [1.29, 1.82) is 0 Å². The van der Waals surface area contributed by atoms with Crippen LogP contribution in [0.15, 0.2) is 47.4 Å². The zero-order valence-electron chi connectivity index (χ0n) is 15.9. The Morgan fingerprint density at radius 2 is 1.74 bits per heavy atom. The molecule has 0 fully saturated rings. The summed E-state index contributed by atoms with van der Waals surface area (Å²) in [6.07, 6.45) is 0.0640. The molecule has 0 atom stereocenters. The Balaban J connectivity index is 1.71. The van der Waals surface area contributed by atoms with Crippen molar-refractivity contribution in [1.82, 2.24) is 10.0 Å². The van der Waals surface area contributed by atoms with Crippen molar-refractivity contribution in [2.75, 3.05) is 19.7 Å². The molecule has 0 spiro atoms. The summed E-state index contributed by atoms with van der Waals surface area (Å²) in [5, 5.41) is 2.72. The number of amides is 1. The lowest BCUT2D eigenvalue weighted by atomic mass is 10.2. The summed E-state index contributed by atoms with van der Waals surface area (Å²) in [4.78, 5) is 12.1. The molecule has 27 heavy (non-hydrogen) atoms. The fraction of sp³-hybridized carbons (Fsp3) is 0.350. The highest BCUT2D eigenvalue weighted by Crippen LogP contribution is 2.16. The first-order valence-corrected chi connectivity index (χ1v) is 10.3. The molecule has 2 rings (SSSR count). The summed E-state index contributed by atoms with van der Waals surface area (Å²) in [6.45, 7) is 6.31. The van der Waals surface area contributed by atoms with Gasteiger partial charge < -0.3 is 10.1 Å². The number of carbonyl (C=O) groups excluding carboxylic acids is 1. The van der Waals surface area contributed by atoms with E-state index in [1.807, 2.05) is 44.2 Å². The normalized spacial score (nSPS) is 11.2. The largest absolute Gasteiger partial charge is 0.492 e. The van der Waals surface area contributed by atoms with Gasteiger partial charge >= 0.3 is 0 Å². The monoisotopic (exact) mass is 390 g/mol. The van der Waals surface area contributed by atoms with Gasteiger partial charge in [-0.15, -0.1) is 0 Å². The van der Waals surface area contributed by atoms with Gasteiger partial charge in [-0.3, -0.25) is 4.79 Å². The first kappa shape index (κ1) is 20.9. The van der Waals surface area contributed by atoms with Gasteiger partial charge in [-0.1, -0.05) is 24.3 Å². The number of hydrogen-bond acceptors (Lipinski definition) is 4. The average Bonchev–Trinajstić information content (AvgIpc) is 2.60. The molecule has 6 nitrogen and oxygen atoms in total. The lowest BCUT2D eigenvalue weighted by Crippen LogP contribution is -2.33. The molecule has 0 bridgehead atoms. The fourth-order valence-corrected chi connectivity index (χ4v) is 3.89. The standard InChI is InChI=1S/C20H26N2O4S/c1-15-5-4-6-18(13-15)26-12-11-21-20(23)9-10-22-27(24,25)19-14-16(2)7-8-17(19)3/h4-8,13-14,22H,9-12H2,1-3H3,(H,21,23). The van der Waals surface area contributed by atoms with Crippen molar-refractivity contribution in [3.05, 3.63) is 59.2 Å². The number of carbonyl (C=O) groups is 1. The van der Waals surface area contributed by atoms with Gasteiger partial charge in [-0.05, 0) is 55.7 Å². The van der Waals surface area contributed by atoms with Gasteiger partial charge in [0.15, 0.2) is 0 Å². The van der Waals surface area contributed by atoms with Crippen molar-refractivity contribution >= 4 is 15.9 Å². The number of benzene rings is 2. The van der Waals surface area contributed by atoms with E-state index in [2.05, 4.69) is 10.0 Å². The summed E-state index contributed by atoms with van der Waals surface area (Å²) >= 11 is 0. The molecule has 1 amide bonds. The second kappa shape index (κ2) is 9.53. The Morgan fingerprint density at radius 1 is 1.00 bits per heavy atom. The van der Waals surface area contributed by atoms with E-state index in [9.17, 15) is 13.2 Å². The third kappa shape index (κ3) is 6.69. The number of nitrogens with one attached hydrogen (secondary N) is 2. The van der Waals surface area contributed by atoms with E-state index in [4.69, 9.17) is 4.74 Å². The van der Waals surface area contributed by atoms with E-state index in [0.717, 1.165) is 16.9 Å². The van der Waals surface area contributed by atoms with Gasteiger partial charge in [0.2, 0.25) is 15.9 Å². The van der Waals surface area contributed by atoms with Crippen LogP contribution in [-0.2, 0) is 14.8 Å². The molecule has 0 aromatic heterocycles. The van der Waals surface area contributed by atoms with Crippen LogP contribution in [0.1, 0.15) is 23.1 Å². The summed E-state index contributed by atoms with van der Waals surface area (Å²) < 4.78 is 32.8. The van der Waals surface area contributed by atoms with Gasteiger partial charge in [0, 0.05) is 13.0 Å². The zero-order valence-corrected chi connectivity index (χ0v) is 16.7. The molecule has 0 heterocycles. The Hall–Kier alpha value is -2.38. The van der Waals surface area contributed by atoms with Crippen LogP contribution in [0.4, 0.5) is 0 Å². The van der Waals surface area contributed by atoms with Crippen molar-refractivity contribution in [3.8, 4) is 5.75 Å². The number of aryl methyl sites for hydroxylation is 3. The molecular weight excluding hydrogens is 364 g/mol. The lowest BCUT2D eigenvalue weighted by Gasteiger charge is -2.11. The highest BCUT2D eigenvalue weighted by Gasteiger charge is 2.16. The number of ether oxygens (including phenoxy) is 1. The van der Waals surface area contributed by atoms with Crippen LogP contribution in [0.25, 0.3) is 0 Å². The molecule has 0 saturated heterocycles. The Bertz CT molecular complexity index is 895. The van der Waals surface area contributed by atoms with Crippen molar-refractivity contribution < 1.29 is 17.9 Å². The van der Waals surface area contributed by atoms with Crippen LogP contribution in [0.5, 0.6) is 5.75 Å². The maximum absolute atomic E-state index is 12.4. The topological polar surface area (TPSA) is 84.5 Å². The molecule has 7 heteroatoms. The SMILES string of the molecule is Cc1cccc(OCCNC(=O)CCNS(=O)(=O)c2cc(C)ccc2C)c1. The molecule has 0 aliphatic carbocycles. The molecule has 0 aliphatic rings. The summed E-state index contributed by atoms with van der Waals surface area (Å²) in [6, 6.07) is 12.9. The minimum atomic E-state index is -3.63. The van der Waals surface area contributed by atoms with E-state index in [1.54, 1.807) is 19.1 Å². The number of sulfonamides is 1. The van der Waals surface area contributed by atoms with Gasteiger partial charge in [0.25, 0.3) is 0 Å². The molecule has 0 aliphatic heterocycles. The van der Waals surface area contributed by atoms with Crippen LogP contribution in [-0.4, -0.2) is 34.0 Å². The van der Waals surface area contributed by atoms with Crippen molar-refractivity contribution in [3.63, 3.8) is 0 Å². The molecule has 0 radical (unpaired) electrons. The zero-order chi connectivity index (χ0) is 19.9. The first-order valence-electron chi connectivity index (χ1n) is 8.81. The van der Waals surface area contributed by atoms with Crippen LogP contribution in [0.2, 0.25) is 0 Å². The summed E-state index contributed by atoms with van der Waals surface area (Å²) in [5.41, 5.74) is 2.64. The Kier molecular flexibility index (Phi) is 7.38. The molecule has 0 unspecified atom stereocenters. The molecule has 146 valence electrons. The predicted octanol–water partition coefficient (Wildman–Crippen LogP) is 2.48. The second-order valence-electron chi connectivity index (χ2n) is 6.43. The fourth-order valence-electron chi connectivity index (χ4n) is 2.53. The van der Waals surface area contributed by atoms with Crippen LogP contribution in [0.3, 0.4) is 0 Å². The molecule has 2 aromatic rings. The number of hydrogen-bond donors (Lipinski definition) is 2. The van der Waals surface area contributed by atoms with Crippen molar-refractivity contribution in [2.45, 2.75) is 32.1 Å². The molecule has 2 N–H and O–H groups in total. The van der Waals surface area contributed by atoms with Crippen molar-refractivity contribution in [2.24, 2.45) is 0 Å². The first-order chi connectivity index (χ1) is 12.8. The lowest BCUT2D eigenvalue weighted by molar-refractivity contribution is -0.121. The maximum atomic E-state index is 12.4. The smallest absolute Gasteiger partial charge is 0.240 e. The molecule has 0 saturated carbocycles. The summed E-state index contributed by atoms with van der Waals surface area (Å²) in [5.74, 6) is 0.525. The van der Waals surface area contributed by atoms with E-state index >= 15 is 0 Å². The minimum absolute atomic E-state index is 0.0420. The third-order valence-electron chi connectivity index (χ3n) is 3.96. The maximum Gasteiger partial charge on any atom is 0.240 e. The van der Waals surface area contributed by atoms with E-state index < -0.39 is 10.0 Å². The van der Waals surface area contributed by atoms with Crippen LogP contribution < -0.4 is 14.8 Å². The Morgan fingerprint density at radius 3 is 2.48 bits per heavy atom. The third-order valence-corrected chi connectivity index (χ3v) is 5.56.